The molecule has 5 nitrogen and oxygen atoms in total. The summed E-state index contributed by atoms with van der Waals surface area (Å²) in [6, 6.07) is 19.9. The van der Waals surface area contributed by atoms with Crippen LogP contribution in [0.25, 0.3) is 22.6 Å². The lowest BCUT2D eigenvalue weighted by atomic mass is 10.1. The molecule has 1 aliphatic rings. The lowest BCUT2D eigenvalue weighted by Gasteiger charge is -2.26. The quantitative estimate of drug-likeness (QED) is 0.627. The maximum Gasteiger partial charge on any atom is 0.257 e. The van der Waals surface area contributed by atoms with E-state index in [1.54, 1.807) is 0 Å². The van der Waals surface area contributed by atoms with Crippen LogP contribution in [0, 0.1) is 0 Å². The Kier molecular flexibility index (Phi) is 5.55. The number of nitrogens with zero attached hydrogens (tertiary/aromatic N) is 2. The maximum atomic E-state index is 12.4. The molecule has 0 unspecified atom stereocenters. The van der Waals surface area contributed by atoms with Gasteiger partial charge >= 0.3 is 0 Å². The molecule has 2 aromatic carbocycles. The van der Waals surface area contributed by atoms with Crippen molar-refractivity contribution in [2.75, 3.05) is 32.1 Å². The van der Waals surface area contributed by atoms with Crippen molar-refractivity contribution < 1.29 is 13.9 Å². The van der Waals surface area contributed by atoms with Gasteiger partial charge in [-0.05, 0) is 0 Å². The van der Waals surface area contributed by atoms with Crippen LogP contribution in [0.15, 0.2) is 70.3 Å². The molecular formula is C21H20N2O3S. The zero-order valence-electron chi connectivity index (χ0n) is 14.8. The summed E-state index contributed by atoms with van der Waals surface area (Å²) in [5.41, 5.74) is 2.75. The van der Waals surface area contributed by atoms with E-state index in [0.29, 0.717) is 37.3 Å². The lowest BCUT2D eigenvalue weighted by Crippen LogP contribution is -2.41. The lowest BCUT2D eigenvalue weighted by molar-refractivity contribution is -0.132. The minimum Gasteiger partial charge on any atom is -0.431 e. The number of ether oxygens (including phenoxy) is 1. The van der Waals surface area contributed by atoms with Crippen molar-refractivity contribution in [1.82, 2.24) is 9.88 Å². The Balaban J connectivity index is 1.57. The average Bonchev–Trinajstić information content (AvgIpc) is 3.18. The van der Waals surface area contributed by atoms with Crippen molar-refractivity contribution in [3.63, 3.8) is 0 Å². The molecule has 2 heterocycles. The number of thioether (sulfide) groups is 1. The second-order valence-electron chi connectivity index (χ2n) is 6.17. The number of oxazole rings is 1. The Morgan fingerprint density at radius 3 is 2.26 bits per heavy atom. The summed E-state index contributed by atoms with van der Waals surface area (Å²) in [6.07, 6.45) is 0. The zero-order chi connectivity index (χ0) is 18.5. The molecular weight excluding hydrogens is 360 g/mol. The molecule has 1 saturated heterocycles. The molecule has 0 N–H and O–H groups in total. The van der Waals surface area contributed by atoms with Gasteiger partial charge in [-0.3, -0.25) is 4.79 Å². The van der Waals surface area contributed by atoms with Crippen LogP contribution in [-0.4, -0.2) is 47.8 Å². The molecule has 6 heteroatoms. The third-order valence-electron chi connectivity index (χ3n) is 4.37. The van der Waals surface area contributed by atoms with Gasteiger partial charge in [0, 0.05) is 24.2 Å². The van der Waals surface area contributed by atoms with Crippen LogP contribution in [0.3, 0.4) is 0 Å². The summed E-state index contributed by atoms with van der Waals surface area (Å²) >= 11 is 1.34. The van der Waals surface area contributed by atoms with Gasteiger partial charge in [0.15, 0.2) is 5.76 Å². The normalized spacial score (nSPS) is 14.3. The smallest absolute Gasteiger partial charge is 0.257 e. The van der Waals surface area contributed by atoms with E-state index in [-0.39, 0.29) is 5.91 Å². The number of morpholine rings is 1. The number of rotatable bonds is 5. The highest BCUT2D eigenvalue weighted by Gasteiger charge is 2.20. The summed E-state index contributed by atoms with van der Waals surface area (Å²) in [5, 5.41) is 0.509. The zero-order valence-corrected chi connectivity index (χ0v) is 15.7. The summed E-state index contributed by atoms with van der Waals surface area (Å²) in [5.74, 6) is 1.12. The van der Waals surface area contributed by atoms with Crippen LogP contribution in [0.2, 0.25) is 0 Å². The monoisotopic (exact) mass is 380 g/mol. The Morgan fingerprint density at radius 2 is 1.59 bits per heavy atom. The van der Waals surface area contributed by atoms with Crippen molar-refractivity contribution in [2.24, 2.45) is 0 Å². The number of carbonyl (C=O) groups is 1. The Labute approximate surface area is 162 Å². The fourth-order valence-corrected chi connectivity index (χ4v) is 3.69. The summed E-state index contributed by atoms with van der Waals surface area (Å²) in [4.78, 5) is 18.9. The summed E-state index contributed by atoms with van der Waals surface area (Å²) in [7, 11) is 0. The first-order valence-electron chi connectivity index (χ1n) is 8.91. The first kappa shape index (κ1) is 17.8. The second kappa shape index (κ2) is 8.41. The van der Waals surface area contributed by atoms with E-state index in [1.807, 2.05) is 65.6 Å². The van der Waals surface area contributed by atoms with E-state index < -0.39 is 0 Å². The van der Waals surface area contributed by atoms with Crippen LogP contribution in [-0.2, 0) is 9.53 Å². The standard InChI is InChI=1S/C21H20N2O3S/c24-18(23-11-13-25-14-12-23)15-27-21-22-19(16-7-3-1-4-8-16)20(26-21)17-9-5-2-6-10-17/h1-10H,11-15H2. The predicted octanol–water partition coefficient (Wildman–Crippen LogP) is 3.96. The number of hydrogen-bond acceptors (Lipinski definition) is 5. The minimum atomic E-state index is 0.0871. The molecule has 3 aromatic rings. The fourth-order valence-electron chi connectivity index (χ4n) is 2.97. The predicted molar refractivity (Wildman–Crippen MR) is 105 cm³/mol. The van der Waals surface area contributed by atoms with Crippen LogP contribution in [0.4, 0.5) is 0 Å². The molecule has 0 atom stereocenters. The van der Waals surface area contributed by atoms with Gasteiger partial charge in [0.05, 0.1) is 19.0 Å². The van der Waals surface area contributed by atoms with Gasteiger partial charge in [0.25, 0.3) is 5.22 Å². The average molecular weight is 380 g/mol. The molecule has 1 fully saturated rings. The molecule has 0 spiro atoms. The van der Waals surface area contributed by atoms with Crippen molar-refractivity contribution in [3.05, 3.63) is 60.7 Å². The van der Waals surface area contributed by atoms with E-state index in [1.165, 1.54) is 11.8 Å². The van der Waals surface area contributed by atoms with Crippen LogP contribution >= 0.6 is 11.8 Å². The number of aromatic nitrogens is 1. The van der Waals surface area contributed by atoms with Gasteiger partial charge in [-0.1, -0.05) is 72.4 Å². The number of benzene rings is 2. The first-order valence-corrected chi connectivity index (χ1v) is 9.90. The topological polar surface area (TPSA) is 55.6 Å². The fraction of sp³-hybridized carbons (Fsp3) is 0.238. The van der Waals surface area contributed by atoms with Crippen LogP contribution < -0.4 is 0 Å². The molecule has 1 aliphatic heterocycles. The Hall–Kier alpha value is -2.57. The molecule has 0 aliphatic carbocycles. The highest BCUT2D eigenvalue weighted by atomic mass is 32.2. The van der Waals surface area contributed by atoms with Gasteiger partial charge in [-0.2, -0.15) is 0 Å². The molecule has 1 aromatic heterocycles. The van der Waals surface area contributed by atoms with E-state index >= 15 is 0 Å². The molecule has 0 saturated carbocycles. The largest absolute Gasteiger partial charge is 0.431 e. The van der Waals surface area contributed by atoms with Gasteiger partial charge < -0.3 is 14.1 Å². The van der Waals surface area contributed by atoms with Gasteiger partial charge in [0.2, 0.25) is 5.91 Å². The highest BCUT2D eigenvalue weighted by molar-refractivity contribution is 7.99. The van der Waals surface area contributed by atoms with E-state index in [4.69, 9.17) is 9.15 Å². The maximum absolute atomic E-state index is 12.4. The van der Waals surface area contributed by atoms with Crippen LogP contribution in [0.1, 0.15) is 0 Å². The third kappa shape index (κ3) is 4.23. The number of amides is 1. The minimum absolute atomic E-state index is 0.0871. The SMILES string of the molecule is O=C(CSc1nc(-c2ccccc2)c(-c2ccccc2)o1)N1CCOCC1. The van der Waals surface area contributed by atoms with E-state index in [9.17, 15) is 4.79 Å². The molecule has 27 heavy (non-hydrogen) atoms. The Bertz CT molecular complexity index is 833. The van der Waals surface area contributed by atoms with Crippen molar-refractivity contribution in [1.29, 1.82) is 0 Å². The van der Waals surface area contributed by atoms with Gasteiger partial charge in [-0.15, -0.1) is 0 Å². The first-order chi connectivity index (χ1) is 13.3. The summed E-state index contributed by atoms with van der Waals surface area (Å²) in [6.45, 7) is 2.50. The molecule has 1 amide bonds. The Morgan fingerprint density at radius 1 is 0.963 bits per heavy atom. The highest BCUT2D eigenvalue weighted by Crippen LogP contribution is 2.35. The van der Waals surface area contributed by atoms with Crippen LogP contribution in [0.5, 0.6) is 0 Å². The van der Waals surface area contributed by atoms with Crippen molar-refractivity contribution in [2.45, 2.75) is 5.22 Å². The molecule has 138 valence electrons. The second-order valence-corrected chi connectivity index (χ2v) is 7.10. The third-order valence-corrected chi connectivity index (χ3v) is 5.19. The van der Waals surface area contributed by atoms with Gasteiger partial charge in [0.1, 0.15) is 5.69 Å². The van der Waals surface area contributed by atoms with Gasteiger partial charge in [-0.25, -0.2) is 4.98 Å². The number of carbonyl (C=O) groups excluding carboxylic acids is 1. The van der Waals surface area contributed by atoms with Crippen molar-refractivity contribution in [3.8, 4) is 22.6 Å². The molecule has 0 radical (unpaired) electrons. The van der Waals surface area contributed by atoms with E-state index in [2.05, 4.69) is 4.98 Å². The molecule has 0 bridgehead atoms. The molecule has 4 rings (SSSR count). The summed E-state index contributed by atoms with van der Waals surface area (Å²) < 4.78 is 11.3. The number of hydrogen-bond donors (Lipinski definition) is 0. The van der Waals surface area contributed by atoms with Crippen molar-refractivity contribution >= 4 is 17.7 Å². The van der Waals surface area contributed by atoms with E-state index in [0.717, 1.165) is 22.6 Å².